The number of nitrogens with one attached hydrogen (secondary N) is 1. The van der Waals surface area contributed by atoms with E-state index in [0.29, 0.717) is 17.1 Å². The Morgan fingerprint density at radius 1 is 1.36 bits per heavy atom. The molecular formula is C14H14N4O4. The van der Waals surface area contributed by atoms with E-state index in [1.807, 2.05) is 19.3 Å². The quantitative estimate of drug-likeness (QED) is 0.511. The van der Waals surface area contributed by atoms with E-state index in [2.05, 4.69) is 5.10 Å². The Bertz CT molecular complexity index is 764. The van der Waals surface area contributed by atoms with Crippen LogP contribution in [-0.4, -0.2) is 17.2 Å². The van der Waals surface area contributed by atoms with E-state index in [-0.39, 0.29) is 5.69 Å². The summed E-state index contributed by atoms with van der Waals surface area (Å²) >= 11 is 0. The van der Waals surface area contributed by atoms with Crippen LogP contribution in [0.2, 0.25) is 0 Å². The number of furan rings is 1. The molecule has 114 valence electrons. The van der Waals surface area contributed by atoms with Crippen molar-refractivity contribution >= 4 is 17.9 Å². The van der Waals surface area contributed by atoms with E-state index in [1.165, 1.54) is 12.3 Å². The largest absolute Gasteiger partial charge is 0.455 e. The van der Waals surface area contributed by atoms with Gasteiger partial charge in [-0.05, 0) is 43.2 Å². The maximum atomic E-state index is 11.2. The van der Waals surface area contributed by atoms with E-state index in [9.17, 15) is 14.9 Å². The minimum atomic E-state index is -0.798. The molecule has 1 aromatic heterocycles. The first kappa shape index (κ1) is 15.2. The molecule has 2 amide bonds. The molecule has 2 aromatic rings. The lowest BCUT2D eigenvalue weighted by Gasteiger charge is -2.04. The van der Waals surface area contributed by atoms with Crippen LogP contribution in [0.25, 0.3) is 11.3 Å². The summed E-state index contributed by atoms with van der Waals surface area (Å²) in [6.07, 6.45) is 1.25. The third kappa shape index (κ3) is 3.29. The van der Waals surface area contributed by atoms with E-state index in [1.54, 1.807) is 18.2 Å². The molecule has 0 bridgehead atoms. The molecule has 22 heavy (non-hydrogen) atoms. The normalized spacial score (nSPS) is 10.8. The van der Waals surface area contributed by atoms with Gasteiger partial charge in [-0.15, -0.1) is 0 Å². The second-order valence-electron chi connectivity index (χ2n) is 4.65. The van der Waals surface area contributed by atoms with Crippen molar-refractivity contribution in [1.82, 2.24) is 5.43 Å². The van der Waals surface area contributed by atoms with Gasteiger partial charge < -0.3 is 10.2 Å². The number of hydrogen-bond donors (Lipinski definition) is 2. The highest BCUT2D eigenvalue weighted by atomic mass is 16.6. The van der Waals surface area contributed by atoms with E-state index >= 15 is 0 Å². The Hall–Kier alpha value is -3.16. The molecule has 2 rings (SSSR count). The van der Waals surface area contributed by atoms with Crippen molar-refractivity contribution in [3.63, 3.8) is 0 Å². The molecule has 0 radical (unpaired) electrons. The topological polar surface area (TPSA) is 124 Å². The molecule has 0 spiro atoms. The van der Waals surface area contributed by atoms with Crippen molar-refractivity contribution in [2.75, 3.05) is 0 Å². The smallest absolute Gasteiger partial charge is 0.332 e. The Kier molecular flexibility index (Phi) is 4.21. The number of nitro groups is 1. The predicted octanol–water partition coefficient (Wildman–Crippen LogP) is 2.47. The number of primary amides is 1. The summed E-state index contributed by atoms with van der Waals surface area (Å²) in [4.78, 5) is 21.2. The van der Waals surface area contributed by atoms with Crippen LogP contribution >= 0.6 is 0 Å². The van der Waals surface area contributed by atoms with Gasteiger partial charge in [0.1, 0.15) is 11.5 Å². The van der Waals surface area contributed by atoms with Crippen LogP contribution in [0.15, 0.2) is 33.8 Å². The number of nitro benzene ring substituents is 1. The summed E-state index contributed by atoms with van der Waals surface area (Å²) in [6.45, 7) is 3.67. The minimum Gasteiger partial charge on any atom is -0.455 e. The summed E-state index contributed by atoms with van der Waals surface area (Å²) in [5.41, 5.74) is 9.00. The molecule has 1 aromatic carbocycles. The zero-order valence-corrected chi connectivity index (χ0v) is 12.0. The maximum absolute atomic E-state index is 11.2. The molecule has 0 aliphatic carbocycles. The number of hydrogen-bond acceptors (Lipinski definition) is 5. The lowest BCUT2D eigenvalue weighted by molar-refractivity contribution is -0.384. The first-order valence-corrected chi connectivity index (χ1v) is 6.33. The van der Waals surface area contributed by atoms with Crippen molar-refractivity contribution in [3.8, 4) is 11.3 Å². The third-order valence-corrected chi connectivity index (χ3v) is 3.07. The van der Waals surface area contributed by atoms with Crippen LogP contribution in [0.3, 0.4) is 0 Å². The lowest BCUT2D eigenvalue weighted by atomic mass is 10.0. The van der Waals surface area contributed by atoms with Crippen molar-refractivity contribution in [1.29, 1.82) is 0 Å². The Morgan fingerprint density at radius 2 is 2.05 bits per heavy atom. The minimum absolute atomic E-state index is 0.0313. The van der Waals surface area contributed by atoms with Crippen LogP contribution in [0, 0.1) is 24.0 Å². The summed E-state index contributed by atoms with van der Waals surface area (Å²) in [7, 11) is 0. The van der Waals surface area contributed by atoms with Crippen molar-refractivity contribution < 1.29 is 14.1 Å². The van der Waals surface area contributed by atoms with E-state index < -0.39 is 11.0 Å². The van der Waals surface area contributed by atoms with E-state index in [4.69, 9.17) is 10.2 Å². The van der Waals surface area contributed by atoms with Crippen molar-refractivity contribution in [2.45, 2.75) is 13.8 Å². The first-order valence-electron chi connectivity index (χ1n) is 6.33. The van der Waals surface area contributed by atoms with Gasteiger partial charge >= 0.3 is 6.03 Å². The second-order valence-corrected chi connectivity index (χ2v) is 4.65. The fourth-order valence-corrected chi connectivity index (χ4v) is 1.88. The molecule has 1 heterocycles. The van der Waals surface area contributed by atoms with Gasteiger partial charge in [0, 0.05) is 6.07 Å². The lowest BCUT2D eigenvalue weighted by Crippen LogP contribution is -2.24. The molecule has 0 fully saturated rings. The molecular weight excluding hydrogens is 288 g/mol. The number of amides is 2. The SMILES string of the molecule is Cc1cc(-c2ccc(/C=N\NC(N)=O)o2)c([N+](=O)[O-])cc1C. The molecule has 3 N–H and O–H groups in total. The fraction of sp³-hybridized carbons (Fsp3) is 0.143. The molecule has 0 aliphatic heterocycles. The van der Waals surface area contributed by atoms with Gasteiger partial charge in [0.25, 0.3) is 5.69 Å². The number of nitrogens with two attached hydrogens (primary N) is 1. The predicted molar refractivity (Wildman–Crippen MR) is 80.6 cm³/mol. The average molecular weight is 302 g/mol. The summed E-state index contributed by atoms with van der Waals surface area (Å²) in [5, 5.41) is 14.7. The molecule has 0 saturated heterocycles. The molecule has 8 nitrogen and oxygen atoms in total. The third-order valence-electron chi connectivity index (χ3n) is 3.07. The van der Waals surface area contributed by atoms with Crippen LogP contribution in [0.4, 0.5) is 10.5 Å². The number of carbonyl (C=O) groups excluding carboxylic acids is 1. The Labute approximate surface area is 125 Å². The number of hydrazone groups is 1. The van der Waals surface area contributed by atoms with E-state index in [0.717, 1.165) is 11.1 Å². The number of aryl methyl sites for hydroxylation is 2. The van der Waals surface area contributed by atoms with Crippen LogP contribution in [-0.2, 0) is 0 Å². The number of benzene rings is 1. The summed E-state index contributed by atoms with van der Waals surface area (Å²) < 4.78 is 5.49. The molecule has 0 atom stereocenters. The number of urea groups is 1. The van der Waals surface area contributed by atoms with Gasteiger partial charge in [0.15, 0.2) is 0 Å². The van der Waals surface area contributed by atoms with Crippen LogP contribution in [0.5, 0.6) is 0 Å². The van der Waals surface area contributed by atoms with Crippen molar-refractivity contribution in [3.05, 3.63) is 51.3 Å². The van der Waals surface area contributed by atoms with Gasteiger partial charge in [-0.3, -0.25) is 10.1 Å². The Balaban J connectivity index is 2.38. The monoisotopic (exact) mass is 302 g/mol. The first-order chi connectivity index (χ1) is 10.4. The summed E-state index contributed by atoms with van der Waals surface area (Å²) in [6, 6.07) is 5.60. The average Bonchev–Trinajstić information content (AvgIpc) is 2.89. The highest BCUT2D eigenvalue weighted by Gasteiger charge is 2.19. The molecule has 0 saturated carbocycles. The molecule has 0 aliphatic rings. The fourth-order valence-electron chi connectivity index (χ4n) is 1.88. The highest BCUT2D eigenvalue weighted by molar-refractivity contribution is 5.80. The van der Waals surface area contributed by atoms with Crippen molar-refractivity contribution in [2.24, 2.45) is 10.8 Å². The zero-order chi connectivity index (χ0) is 16.3. The number of carbonyl (C=O) groups is 1. The number of nitrogens with zero attached hydrogens (tertiary/aromatic N) is 2. The van der Waals surface area contributed by atoms with Gasteiger partial charge in [0.05, 0.1) is 16.7 Å². The van der Waals surface area contributed by atoms with Crippen LogP contribution in [0.1, 0.15) is 16.9 Å². The summed E-state index contributed by atoms with van der Waals surface area (Å²) in [5.74, 6) is 0.673. The van der Waals surface area contributed by atoms with Gasteiger partial charge in [-0.1, -0.05) is 0 Å². The van der Waals surface area contributed by atoms with Gasteiger partial charge in [0.2, 0.25) is 0 Å². The van der Waals surface area contributed by atoms with Gasteiger partial charge in [-0.2, -0.15) is 5.10 Å². The van der Waals surface area contributed by atoms with Crippen LogP contribution < -0.4 is 11.2 Å². The highest BCUT2D eigenvalue weighted by Crippen LogP contribution is 2.33. The molecule has 8 heteroatoms. The van der Waals surface area contributed by atoms with Gasteiger partial charge in [-0.25, -0.2) is 10.2 Å². The number of rotatable bonds is 4. The Morgan fingerprint density at radius 3 is 2.68 bits per heavy atom. The molecule has 0 unspecified atom stereocenters. The maximum Gasteiger partial charge on any atom is 0.332 e. The second kappa shape index (κ2) is 6.08. The standard InChI is InChI=1S/C14H14N4O4/c1-8-5-11(12(18(20)21)6-9(8)2)13-4-3-10(22-13)7-16-17-14(15)19/h3-7H,1-2H3,(H3,15,17,19)/b16-7-. The zero-order valence-electron chi connectivity index (χ0n) is 12.0.